The molecule has 150 valence electrons. The van der Waals surface area contributed by atoms with Gasteiger partial charge in [0.05, 0.1) is 6.54 Å². The van der Waals surface area contributed by atoms with Crippen LogP contribution in [0.25, 0.3) is 11.5 Å². The Kier molecular flexibility index (Phi) is 5.85. The van der Waals surface area contributed by atoms with E-state index in [-0.39, 0.29) is 12.5 Å². The summed E-state index contributed by atoms with van der Waals surface area (Å²) in [6.45, 7) is 0.929. The molecule has 1 heterocycles. The Hall–Kier alpha value is -3.93. The van der Waals surface area contributed by atoms with E-state index in [4.69, 9.17) is 4.42 Å². The van der Waals surface area contributed by atoms with Gasteiger partial charge in [0.1, 0.15) is 0 Å². The molecule has 0 aliphatic rings. The topological polar surface area (TPSA) is 71.3 Å². The van der Waals surface area contributed by atoms with Gasteiger partial charge in [0, 0.05) is 30.4 Å². The van der Waals surface area contributed by atoms with Gasteiger partial charge in [-0.15, -0.1) is 10.2 Å². The maximum absolute atomic E-state index is 12.6. The zero-order valence-electron chi connectivity index (χ0n) is 16.7. The van der Waals surface area contributed by atoms with E-state index >= 15 is 0 Å². The number of carbonyl (C=O) groups is 1. The van der Waals surface area contributed by atoms with Gasteiger partial charge < -0.3 is 14.6 Å². The van der Waals surface area contributed by atoms with E-state index in [9.17, 15) is 4.79 Å². The number of rotatable bonds is 7. The molecule has 4 rings (SSSR count). The highest BCUT2D eigenvalue weighted by molar-refractivity contribution is 5.95. The molecule has 0 saturated heterocycles. The molecule has 6 nitrogen and oxygen atoms in total. The summed E-state index contributed by atoms with van der Waals surface area (Å²) >= 11 is 0. The van der Waals surface area contributed by atoms with Gasteiger partial charge in [0.25, 0.3) is 5.91 Å². The number of aromatic nitrogens is 2. The van der Waals surface area contributed by atoms with Crippen LogP contribution in [0.5, 0.6) is 0 Å². The normalized spacial score (nSPS) is 10.6. The number of anilines is 1. The van der Waals surface area contributed by atoms with Crippen molar-refractivity contribution in [2.75, 3.05) is 11.9 Å². The molecule has 0 aliphatic heterocycles. The number of amides is 1. The molecule has 4 aromatic rings. The van der Waals surface area contributed by atoms with Crippen LogP contribution in [0.15, 0.2) is 89.3 Å². The molecule has 0 radical (unpaired) electrons. The lowest BCUT2D eigenvalue weighted by atomic mass is 10.1. The Balaban J connectivity index is 1.38. The monoisotopic (exact) mass is 398 g/mol. The fraction of sp³-hybridized carbons (Fsp3) is 0.125. The highest BCUT2D eigenvalue weighted by Crippen LogP contribution is 2.19. The summed E-state index contributed by atoms with van der Waals surface area (Å²) in [7, 11) is 2.01. The van der Waals surface area contributed by atoms with Crippen LogP contribution in [0.2, 0.25) is 0 Å². The standard InChI is InChI=1S/C24H22N4O2/c1-28(17-18-9-4-2-5-10-18)21-14-8-13-20(15-21)23(29)25-16-22-26-27-24(30-22)19-11-6-3-7-12-19/h2-15H,16-17H2,1H3,(H,25,29). The van der Waals surface area contributed by atoms with Crippen molar-refractivity contribution < 1.29 is 9.21 Å². The van der Waals surface area contributed by atoms with Gasteiger partial charge in [0.15, 0.2) is 0 Å². The van der Waals surface area contributed by atoms with Crippen LogP contribution in [0.1, 0.15) is 21.8 Å². The minimum Gasteiger partial charge on any atom is -0.419 e. The van der Waals surface area contributed by atoms with Crippen molar-refractivity contribution in [1.29, 1.82) is 0 Å². The van der Waals surface area contributed by atoms with Crippen LogP contribution in [0.3, 0.4) is 0 Å². The van der Waals surface area contributed by atoms with Crippen LogP contribution in [0, 0.1) is 0 Å². The molecule has 0 aliphatic carbocycles. The van der Waals surface area contributed by atoms with Gasteiger partial charge in [-0.2, -0.15) is 0 Å². The lowest BCUT2D eigenvalue weighted by molar-refractivity contribution is 0.0947. The van der Waals surface area contributed by atoms with Crippen molar-refractivity contribution in [2.45, 2.75) is 13.1 Å². The molecule has 6 heteroatoms. The quantitative estimate of drug-likeness (QED) is 0.502. The molecule has 0 unspecified atom stereocenters. The third-order valence-electron chi connectivity index (χ3n) is 4.70. The summed E-state index contributed by atoms with van der Waals surface area (Å²) < 4.78 is 5.64. The van der Waals surface area contributed by atoms with Gasteiger partial charge in [0.2, 0.25) is 11.8 Å². The SMILES string of the molecule is CN(Cc1ccccc1)c1cccc(C(=O)NCc2nnc(-c3ccccc3)o2)c1. The van der Waals surface area contributed by atoms with Crippen LogP contribution in [-0.2, 0) is 13.1 Å². The molecule has 0 fully saturated rings. The summed E-state index contributed by atoms with van der Waals surface area (Å²) in [5.74, 6) is 0.605. The second-order valence-electron chi connectivity index (χ2n) is 6.94. The summed E-state index contributed by atoms with van der Waals surface area (Å²) in [6, 6.07) is 27.3. The van der Waals surface area contributed by atoms with Crippen molar-refractivity contribution in [2.24, 2.45) is 0 Å². The molecule has 1 N–H and O–H groups in total. The van der Waals surface area contributed by atoms with Crippen molar-refractivity contribution in [3.63, 3.8) is 0 Å². The van der Waals surface area contributed by atoms with Gasteiger partial charge in [-0.05, 0) is 35.9 Å². The molecule has 1 aromatic heterocycles. The second kappa shape index (κ2) is 9.05. The minimum absolute atomic E-state index is 0.169. The first-order valence-corrected chi connectivity index (χ1v) is 9.70. The van der Waals surface area contributed by atoms with Crippen LogP contribution in [0.4, 0.5) is 5.69 Å². The molecular formula is C24H22N4O2. The molecule has 0 saturated carbocycles. The van der Waals surface area contributed by atoms with Crippen molar-refractivity contribution in [1.82, 2.24) is 15.5 Å². The molecular weight excluding hydrogens is 376 g/mol. The Morgan fingerprint density at radius 3 is 2.43 bits per heavy atom. The third kappa shape index (κ3) is 4.72. The molecule has 0 atom stereocenters. The van der Waals surface area contributed by atoms with Crippen LogP contribution >= 0.6 is 0 Å². The first-order valence-electron chi connectivity index (χ1n) is 9.70. The zero-order chi connectivity index (χ0) is 20.8. The summed E-state index contributed by atoms with van der Waals surface area (Å²) in [6.07, 6.45) is 0. The summed E-state index contributed by atoms with van der Waals surface area (Å²) in [5, 5.41) is 10.9. The predicted octanol–water partition coefficient (Wildman–Crippen LogP) is 4.30. The Bertz CT molecular complexity index is 1110. The third-order valence-corrected chi connectivity index (χ3v) is 4.70. The average molecular weight is 398 g/mol. The van der Waals surface area contributed by atoms with Crippen molar-refractivity contribution in [3.8, 4) is 11.5 Å². The number of nitrogens with zero attached hydrogens (tertiary/aromatic N) is 3. The average Bonchev–Trinajstić information content (AvgIpc) is 3.28. The fourth-order valence-electron chi connectivity index (χ4n) is 3.11. The maximum Gasteiger partial charge on any atom is 0.251 e. The molecule has 3 aromatic carbocycles. The molecule has 0 spiro atoms. The van der Waals surface area contributed by atoms with E-state index < -0.39 is 0 Å². The van der Waals surface area contributed by atoms with Gasteiger partial charge >= 0.3 is 0 Å². The molecule has 0 bridgehead atoms. The Morgan fingerprint density at radius 2 is 1.67 bits per heavy atom. The minimum atomic E-state index is -0.190. The molecule has 30 heavy (non-hydrogen) atoms. The van der Waals surface area contributed by atoms with Crippen LogP contribution in [-0.4, -0.2) is 23.2 Å². The van der Waals surface area contributed by atoms with E-state index in [1.165, 1.54) is 5.56 Å². The van der Waals surface area contributed by atoms with E-state index in [0.717, 1.165) is 17.8 Å². The van der Waals surface area contributed by atoms with E-state index in [1.807, 2.05) is 73.8 Å². The highest BCUT2D eigenvalue weighted by atomic mass is 16.4. The zero-order valence-corrected chi connectivity index (χ0v) is 16.7. The van der Waals surface area contributed by atoms with E-state index in [1.54, 1.807) is 6.07 Å². The summed E-state index contributed by atoms with van der Waals surface area (Å²) in [5.41, 5.74) is 3.60. The number of hydrogen-bond acceptors (Lipinski definition) is 5. The van der Waals surface area contributed by atoms with Gasteiger partial charge in [-0.1, -0.05) is 54.6 Å². The van der Waals surface area contributed by atoms with Crippen LogP contribution < -0.4 is 10.2 Å². The lowest BCUT2D eigenvalue weighted by Crippen LogP contribution is -2.23. The number of benzene rings is 3. The van der Waals surface area contributed by atoms with Crippen molar-refractivity contribution in [3.05, 3.63) is 102 Å². The summed E-state index contributed by atoms with van der Waals surface area (Å²) in [4.78, 5) is 14.7. The highest BCUT2D eigenvalue weighted by Gasteiger charge is 2.12. The first-order chi connectivity index (χ1) is 14.7. The number of nitrogens with one attached hydrogen (secondary N) is 1. The van der Waals surface area contributed by atoms with Gasteiger partial charge in [-0.25, -0.2) is 0 Å². The largest absolute Gasteiger partial charge is 0.419 e. The number of hydrogen-bond donors (Lipinski definition) is 1. The Morgan fingerprint density at radius 1 is 0.933 bits per heavy atom. The van der Waals surface area contributed by atoms with Gasteiger partial charge in [-0.3, -0.25) is 4.79 Å². The van der Waals surface area contributed by atoms with E-state index in [0.29, 0.717) is 17.3 Å². The molecule has 1 amide bonds. The van der Waals surface area contributed by atoms with E-state index in [2.05, 4.69) is 32.5 Å². The maximum atomic E-state index is 12.6. The van der Waals surface area contributed by atoms with Crippen molar-refractivity contribution >= 4 is 11.6 Å². The lowest BCUT2D eigenvalue weighted by Gasteiger charge is -2.20. The number of carbonyl (C=O) groups excluding carboxylic acids is 1. The first kappa shape index (κ1) is 19.4. The Labute approximate surface area is 175 Å². The predicted molar refractivity (Wildman–Crippen MR) is 116 cm³/mol. The smallest absolute Gasteiger partial charge is 0.251 e. The second-order valence-corrected chi connectivity index (χ2v) is 6.94. The fourth-order valence-corrected chi connectivity index (χ4v) is 3.11.